The van der Waals surface area contributed by atoms with Crippen LogP contribution in [0.1, 0.15) is 266 Å². The van der Waals surface area contributed by atoms with Gasteiger partial charge in [0.1, 0.15) is 11.0 Å². The molecule has 0 saturated heterocycles. The minimum atomic E-state index is -0.319. The Bertz CT molecular complexity index is 5280. The molecule has 4 amide bonds. The number of amides is 4. The maximum Gasteiger partial charge on any atom is 0.265 e. The number of rotatable bonds is 26. The molecule has 11 heteroatoms. The fourth-order valence-corrected chi connectivity index (χ4v) is 20.7. The van der Waals surface area contributed by atoms with E-state index in [2.05, 4.69) is 162 Å². The molecule has 0 bridgehead atoms. The van der Waals surface area contributed by atoms with Gasteiger partial charge in [-0.15, -0.1) is 22.7 Å². The summed E-state index contributed by atoms with van der Waals surface area (Å²) in [5.74, 6) is 13.2. The number of nitrogens with zero attached hydrogens (tertiary/aromatic N) is 4. The number of anilines is 2. The molecule has 2 aliphatic carbocycles. The lowest BCUT2D eigenvalue weighted by molar-refractivity contribution is 0.0877. The molecular weight excluding hydrogens is 1370 g/mol. The zero-order chi connectivity index (χ0) is 73.5. The topological polar surface area (TPSA) is 101 Å². The molecule has 9 aromatic carbocycles. The highest BCUT2D eigenvalue weighted by Crippen LogP contribution is 2.57. The second-order valence-corrected chi connectivity index (χ2v) is 32.6. The van der Waals surface area contributed by atoms with E-state index in [-0.39, 0.29) is 34.5 Å². The summed E-state index contributed by atoms with van der Waals surface area (Å²) in [6, 6.07) is 58.4. The fourth-order valence-electron chi connectivity index (χ4n) is 18.0. The van der Waals surface area contributed by atoms with Crippen LogP contribution in [0.5, 0.6) is 0 Å². The maximum absolute atomic E-state index is 15.0. The van der Waals surface area contributed by atoms with Gasteiger partial charge in [-0.2, -0.15) is 8.75 Å². The smallest absolute Gasteiger partial charge is 0.265 e. The summed E-state index contributed by atoms with van der Waals surface area (Å²) in [7, 11) is 0. The molecule has 0 spiro atoms. The highest BCUT2D eigenvalue weighted by Gasteiger charge is 2.46. The third kappa shape index (κ3) is 12.5. The molecule has 4 aliphatic rings. The summed E-state index contributed by atoms with van der Waals surface area (Å²) in [5.41, 5.74) is 20.6. The standard InChI is InChI=1S/C96H90N4O4S3/c1-7-13-19-21-29-63-57-85(105-83(63)51-41-61-39-45-77-87-67(61)33-27-35-75(87)91(101)99(93(77)103)65-43-47-71-69-31-23-25-37-79(69)95(53-15-9-3,54-16-10-4)81(71)59-65)73-49-50-74(90-89(73)97-107-98-90)86-58-64(30-22-20-14-8-2)84(106-86)52-42-62-40-46-78-88-68(62)34-28-36-76(88)92(102)100(94(78)104)66-44-48-72-70-32-24-26-38-80(70)96(55-17-11-5,56-18-12-6)82(72)60-66/h23-28,31-40,43-50,57-60H,7-22,29-30,53-56H2,1-6H3. The van der Waals surface area contributed by atoms with E-state index >= 15 is 19.2 Å². The lowest BCUT2D eigenvalue weighted by Crippen LogP contribution is -2.40. The van der Waals surface area contributed by atoms with E-state index in [9.17, 15) is 0 Å². The number of benzene rings is 9. The molecule has 0 radical (unpaired) electrons. The molecule has 2 aliphatic heterocycles. The Kier molecular flexibility index (Phi) is 20.3. The van der Waals surface area contributed by atoms with Gasteiger partial charge in [-0.1, -0.05) is 252 Å². The van der Waals surface area contributed by atoms with Gasteiger partial charge < -0.3 is 0 Å². The molecule has 3 aromatic heterocycles. The minimum Gasteiger partial charge on any atom is -0.268 e. The van der Waals surface area contributed by atoms with Gasteiger partial charge in [0.25, 0.3) is 23.6 Å². The Morgan fingerprint density at radius 1 is 0.336 bits per heavy atom. The van der Waals surface area contributed by atoms with Crippen molar-refractivity contribution in [1.29, 1.82) is 0 Å². The van der Waals surface area contributed by atoms with Crippen LogP contribution in [0.4, 0.5) is 11.4 Å². The van der Waals surface area contributed by atoms with E-state index in [0.29, 0.717) is 44.4 Å². The Balaban J connectivity index is 0.698. The van der Waals surface area contributed by atoms with Gasteiger partial charge in [-0.3, -0.25) is 19.2 Å². The average Bonchev–Trinajstić information content (AvgIpc) is 1.58. The van der Waals surface area contributed by atoms with E-state index in [4.69, 9.17) is 8.75 Å². The number of aromatic nitrogens is 2. The molecule has 8 nitrogen and oxygen atoms in total. The lowest BCUT2D eigenvalue weighted by Gasteiger charge is -2.34. The maximum atomic E-state index is 15.0. The number of aryl methyl sites for hydroxylation is 2. The quantitative estimate of drug-likeness (QED) is 0.0304. The highest BCUT2D eigenvalue weighted by atomic mass is 32.1. The van der Waals surface area contributed by atoms with Crippen molar-refractivity contribution in [2.24, 2.45) is 0 Å². The first-order valence-electron chi connectivity index (χ1n) is 39.4. The first kappa shape index (κ1) is 71.4. The number of unbranched alkanes of at least 4 members (excludes halogenated alkanes) is 10. The van der Waals surface area contributed by atoms with Gasteiger partial charge >= 0.3 is 0 Å². The molecular formula is C96H90N4O4S3. The van der Waals surface area contributed by atoms with E-state index < -0.39 is 0 Å². The molecule has 0 saturated carbocycles. The first-order valence-corrected chi connectivity index (χ1v) is 41.8. The van der Waals surface area contributed by atoms with Crippen LogP contribution in [0.3, 0.4) is 0 Å². The third-order valence-electron chi connectivity index (χ3n) is 23.4. The van der Waals surface area contributed by atoms with Crippen LogP contribution in [0.15, 0.2) is 170 Å². The van der Waals surface area contributed by atoms with Crippen LogP contribution < -0.4 is 9.80 Å². The first-order chi connectivity index (χ1) is 52.5. The van der Waals surface area contributed by atoms with Crippen molar-refractivity contribution in [2.45, 2.75) is 194 Å². The fraction of sp³-hybridized carbons (Fsp3) is 0.312. The summed E-state index contributed by atoms with van der Waals surface area (Å²) in [6.45, 7) is 13.5. The van der Waals surface area contributed by atoms with Crippen molar-refractivity contribution in [3.05, 3.63) is 246 Å². The van der Waals surface area contributed by atoms with Crippen molar-refractivity contribution >= 4 is 102 Å². The minimum absolute atomic E-state index is 0.191. The molecule has 16 rings (SSSR count). The van der Waals surface area contributed by atoms with Gasteiger partial charge in [0.15, 0.2) is 0 Å². The zero-order valence-corrected chi connectivity index (χ0v) is 64.8. The summed E-state index contributed by atoms with van der Waals surface area (Å²) >= 11 is 4.60. The van der Waals surface area contributed by atoms with Crippen LogP contribution in [-0.4, -0.2) is 32.4 Å². The number of hydrogen-bond acceptors (Lipinski definition) is 9. The summed E-state index contributed by atoms with van der Waals surface area (Å²) < 4.78 is 10.1. The summed E-state index contributed by atoms with van der Waals surface area (Å²) in [4.78, 5) is 67.0. The molecule has 107 heavy (non-hydrogen) atoms. The highest BCUT2D eigenvalue weighted by molar-refractivity contribution is 7.16. The van der Waals surface area contributed by atoms with Crippen molar-refractivity contribution in [3.8, 4) is 66.8 Å². The molecule has 12 aromatic rings. The average molecular weight is 1460 g/mol. The van der Waals surface area contributed by atoms with Crippen LogP contribution in [0.2, 0.25) is 0 Å². The lowest BCUT2D eigenvalue weighted by atomic mass is 9.71. The predicted octanol–water partition coefficient (Wildman–Crippen LogP) is 25.4. The van der Waals surface area contributed by atoms with Crippen molar-refractivity contribution in [2.75, 3.05) is 9.80 Å². The molecule has 536 valence electrons. The van der Waals surface area contributed by atoms with Gasteiger partial charge in [0, 0.05) is 75.9 Å². The van der Waals surface area contributed by atoms with Crippen LogP contribution >= 0.6 is 34.4 Å². The Hall–Kier alpha value is -9.88. The third-order valence-corrected chi connectivity index (χ3v) is 26.2. The van der Waals surface area contributed by atoms with E-state index in [1.165, 1.54) is 77.2 Å². The number of carbonyl (C=O) groups is 4. The zero-order valence-electron chi connectivity index (χ0n) is 62.4. The number of hydrogen-bond donors (Lipinski definition) is 0. The van der Waals surface area contributed by atoms with Gasteiger partial charge in [-0.05, 0) is 191 Å². The second kappa shape index (κ2) is 30.4. The predicted molar refractivity (Wildman–Crippen MR) is 445 cm³/mol. The van der Waals surface area contributed by atoms with Crippen molar-refractivity contribution < 1.29 is 19.2 Å². The molecule has 0 atom stereocenters. The van der Waals surface area contributed by atoms with Gasteiger partial charge in [-0.25, -0.2) is 9.80 Å². The largest absolute Gasteiger partial charge is 0.268 e. The number of imide groups is 2. The van der Waals surface area contributed by atoms with Crippen LogP contribution in [0.25, 0.3) is 75.7 Å². The number of carbonyl (C=O) groups excluding carboxylic acids is 4. The number of fused-ring (bicyclic) bond motifs is 7. The summed E-state index contributed by atoms with van der Waals surface area (Å²) in [5, 5.41) is 2.89. The molecule has 0 N–H and O–H groups in total. The van der Waals surface area contributed by atoms with Gasteiger partial charge in [0.05, 0.1) is 32.9 Å². The van der Waals surface area contributed by atoms with Crippen LogP contribution in [0, 0.1) is 23.7 Å². The second-order valence-electron chi connectivity index (χ2n) is 30.0. The van der Waals surface area contributed by atoms with E-state index in [1.54, 1.807) is 22.7 Å². The monoisotopic (exact) mass is 1460 g/mol. The normalized spacial score (nSPS) is 14.2. The van der Waals surface area contributed by atoms with Crippen molar-refractivity contribution in [1.82, 2.24) is 8.75 Å². The molecule has 0 fully saturated rings. The molecule has 5 heterocycles. The van der Waals surface area contributed by atoms with Crippen LogP contribution in [-0.2, 0) is 23.7 Å². The Morgan fingerprint density at radius 3 is 1.09 bits per heavy atom. The van der Waals surface area contributed by atoms with Crippen molar-refractivity contribution in [3.63, 3.8) is 0 Å². The SMILES string of the molecule is CCCCCCc1cc(-c2ccc(-c3cc(CCCCCC)c(C#Cc4ccc5c6c(cccc46)C(=O)N(c4ccc6c(c4)C(CCCC)(CCCC)c4ccccc4-6)C5=O)s3)c3nsnc23)sc1C#Cc1ccc2c3c(cccc13)C(=O)N(c1ccc3c(c1)C(CCCC)(CCCC)c1ccccc1-3)C2=O. The van der Waals surface area contributed by atoms with Gasteiger partial charge in [0.2, 0.25) is 0 Å². The number of thiophene rings is 2. The Labute approximate surface area is 642 Å². The Morgan fingerprint density at radius 2 is 0.692 bits per heavy atom. The molecule has 0 unspecified atom stereocenters. The van der Waals surface area contributed by atoms with E-state index in [0.717, 1.165) is 205 Å². The summed E-state index contributed by atoms with van der Waals surface area (Å²) in [6.07, 6.45) is 23.4. The van der Waals surface area contributed by atoms with E-state index in [1.807, 2.05) is 72.8 Å².